The minimum atomic E-state index is -0.818. The molecule has 2 aromatic carbocycles. The second kappa shape index (κ2) is 14.0. The van der Waals surface area contributed by atoms with Gasteiger partial charge in [0.05, 0.1) is 18.8 Å². The molecule has 4 N–H and O–H groups in total. The molecule has 0 radical (unpaired) electrons. The molecular formula is C29H41N3O4. The van der Waals surface area contributed by atoms with E-state index in [1.807, 2.05) is 44.2 Å². The maximum atomic E-state index is 13.3. The predicted octanol–water partition coefficient (Wildman–Crippen LogP) is 3.13. The number of aliphatic hydroxyl groups is 1. The summed E-state index contributed by atoms with van der Waals surface area (Å²) in [6.07, 6.45) is 2.40. The lowest BCUT2D eigenvalue weighted by atomic mass is 9.98. The number of hydrogen-bond donors (Lipinski definition) is 4. The van der Waals surface area contributed by atoms with Gasteiger partial charge in [-0.2, -0.15) is 0 Å². The molecule has 0 aromatic heterocycles. The molecule has 0 spiro atoms. The first-order chi connectivity index (χ1) is 17.4. The molecule has 2 heterocycles. The average molecular weight is 496 g/mol. The Kier molecular flexibility index (Phi) is 10.8. The van der Waals surface area contributed by atoms with E-state index in [9.17, 15) is 14.7 Å². The molecule has 2 aliphatic rings. The van der Waals surface area contributed by atoms with E-state index in [1.54, 1.807) is 0 Å². The molecule has 0 saturated heterocycles. The Hall–Kier alpha value is -2.90. The first kappa shape index (κ1) is 27.7. The molecule has 0 fully saturated rings. The number of fused-ring (bicyclic) bond motifs is 13. The number of carbonyl (C=O) groups excluding carboxylic acids is 2. The molecule has 2 bridgehead atoms. The number of nitrogens with one attached hydrogen (secondary N) is 3. The zero-order valence-electron chi connectivity index (χ0n) is 21.8. The van der Waals surface area contributed by atoms with Crippen molar-refractivity contribution >= 4 is 11.8 Å². The summed E-state index contributed by atoms with van der Waals surface area (Å²) in [6, 6.07) is 14.9. The highest BCUT2D eigenvalue weighted by molar-refractivity contribution is 5.88. The Morgan fingerprint density at radius 2 is 1.81 bits per heavy atom. The van der Waals surface area contributed by atoms with Crippen molar-refractivity contribution in [1.29, 1.82) is 0 Å². The Morgan fingerprint density at radius 1 is 1.06 bits per heavy atom. The molecule has 4 rings (SSSR count). The Bertz CT molecular complexity index is 977. The van der Waals surface area contributed by atoms with Crippen LogP contribution < -0.4 is 20.7 Å². The van der Waals surface area contributed by atoms with E-state index in [0.717, 1.165) is 29.7 Å². The SMILES string of the molecule is CCc1cccc(CNC[C@@H](O)[C@@H]2Cc3ccc(cc3)OCCCCC(=O)N[C@@H](C(C)C)C(=O)N2)c1. The molecule has 7 heteroatoms. The highest BCUT2D eigenvalue weighted by Gasteiger charge is 2.29. The van der Waals surface area contributed by atoms with Crippen LogP contribution in [0.3, 0.4) is 0 Å². The fraction of sp³-hybridized carbons (Fsp3) is 0.517. The summed E-state index contributed by atoms with van der Waals surface area (Å²) < 4.78 is 5.80. The number of carbonyl (C=O) groups is 2. The predicted molar refractivity (Wildman–Crippen MR) is 142 cm³/mol. The maximum absolute atomic E-state index is 13.3. The van der Waals surface area contributed by atoms with Crippen molar-refractivity contribution in [2.24, 2.45) is 5.92 Å². The molecule has 0 unspecified atom stereocenters. The number of aryl methyl sites for hydroxylation is 1. The van der Waals surface area contributed by atoms with Gasteiger partial charge in [0, 0.05) is 19.5 Å². The topological polar surface area (TPSA) is 99.7 Å². The van der Waals surface area contributed by atoms with E-state index in [-0.39, 0.29) is 17.7 Å². The molecule has 3 atom stereocenters. The van der Waals surface area contributed by atoms with Crippen LogP contribution in [-0.4, -0.2) is 48.3 Å². The number of hydrogen-bond acceptors (Lipinski definition) is 5. The molecule has 0 aliphatic carbocycles. The lowest BCUT2D eigenvalue weighted by Crippen LogP contribution is -2.56. The second-order valence-electron chi connectivity index (χ2n) is 9.93. The summed E-state index contributed by atoms with van der Waals surface area (Å²) >= 11 is 0. The zero-order chi connectivity index (χ0) is 25.9. The van der Waals surface area contributed by atoms with Crippen LogP contribution in [0.5, 0.6) is 5.75 Å². The van der Waals surface area contributed by atoms with Gasteiger partial charge in [-0.25, -0.2) is 0 Å². The number of ether oxygens (including phenoxy) is 1. The standard InChI is InChI=1S/C29H41N3O4/c1-4-21-8-7-9-23(16-21)18-30-19-26(33)25-17-22-11-13-24(14-12-22)36-15-6-5-10-27(34)32-28(20(2)3)29(35)31-25/h7-9,11-14,16,20,25-26,28,30,33H,4-6,10,15,17-19H2,1-3H3,(H,31,35)(H,32,34)/t25-,26+,28-/m0/s1. The van der Waals surface area contributed by atoms with Crippen LogP contribution in [0, 0.1) is 5.92 Å². The quantitative estimate of drug-likeness (QED) is 0.473. The summed E-state index contributed by atoms with van der Waals surface area (Å²) in [4.78, 5) is 25.7. The van der Waals surface area contributed by atoms with Crippen LogP contribution in [0.25, 0.3) is 0 Å². The van der Waals surface area contributed by atoms with Gasteiger partial charge < -0.3 is 25.8 Å². The van der Waals surface area contributed by atoms with Crippen molar-refractivity contribution in [3.05, 3.63) is 65.2 Å². The monoisotopic (exact) mass is 495 g/mol. The highest BCUT2D eigenvalue weighted by atomic mass is 16.5. The Morgan fingerprint density at radius 3 is 2.53 bits per heavy atom. The van der Waals surface area contributed by atoms with E-state index in [0.29, 0.717) is 39.0 Å². The van der Waals surface area contributed by atoms with E-state index in [2.05, 4.69) is 41.1 Å². The third-order valence-electron chi connectivity index (χ3n) is 6.59. The lowest BCUT2D eigenvalue weighted by molar-refractivity contribution is -0.131. The smallest absolute Gasteiger partial charge is 0.243 e. The summed E-state index contributed by atoms with van der Waals surface area (Å²) in [5, 5.41) is 20.3. The maximum Gasteiger partial charge on any atom is 0.243 e. The third-order valence-corrected chi connectivity index (χ3v) is 6.59. The Balaban J connectivity index is 1.73. The van der Waals surface area contributed by atoms with Gasteiger partial charge in [-0.05, 0) is 60.4 Å². The van der Waals surface area contributed by atoms with E-state index >= 15 is 0 Å². The average Bonchev–Trinajstić information content (AvgIpc) is 2.86. The van der Waals surface area contributed by atoms with Gasteiger partial charge in [0.15, 0.2) is 0 Å². The first-order valence-electron chi connectivity index (χ1n) is 13.1. The first-order valence-corrected chi connectivity index (χ1v) is 13.1. The van der Waals surface area contributed by atoms with Crippen molar-refractivity contribution in [3.8, 4) is 5.75 Å². The highest BCUT2D eigenvalue weighted by Crippen LogP contribution is 2.16. The molecule has 2 aromatic rings. The summed E-state index contributed by atoms with van der Waals surface area (Å²) in [5.74, 6) is 0.266. The second-order valence-corrected chi connectivity index (χ2v) is 9.93. The third kappa shape index (κ3) is 8.64. The molecule has 36 heavy (non-hydrogen) atoms. The minimum absolute atomic E-state index is 0.0859. The van der Waals surface area contributed by atoms with Crippen LogP contribution in [0.2, 0.25) is 0 Å². The van der Waals surface area contributed by atoms with Gasteiger partial charge in [0.25, 0.3) is 0 Å². The minimum Gasteiger partial charge on any atom is -0.494 e. The van der Waals surface area contributed by atoms with Crippen molar-refractivity contribution in [2.45, 2.75) is 77.6 Å². The van der Waals surface area contributed by atoms with E-state index in [4.69, 9.17) is 4.74 Å². The van der Waals surface area contributed by atoms with Crippen molar-refractivity contribution in [2.75, 3.05) is 13.2 Å². The van der Waals surface area contributed by atoms with Gasteiger partial charge in [0.2, 0.25) is 11.8 Å². The van der Waals surface area contributed by atoms with Crippen LogP contribution in [-0.2, 0) is 29.0 Å². The normalized spacial score (nSPS) is 20.5. The molecular weight excluding hydrogens is 454 g/mol. The summed E-state index contributed by atoms with van der Waals surface area (Å²) in [7, 11) is 0. The van der Waals surface area contributed by atoms with Crippen LogP contribution in [0.1, 0.15) is 56.7 Å². The van der Waals surface area contributed by atoms with E-state index in [1.165, 1.54) is 5.56 Å². The van der Waals surface area contributed by atoms with E-state index < -0.39 is 18.2 Å². The molecule has 2 aliphatic heterocycles. The van der Waals surface area contributed by atoms with Crippen LogP contribution in [0.15, 0.2) is 48.5 Å². The van der Waals surface area contributed by atoms with Gasteiger partial charge in [-0.15, -0.1) is 0 Å². The van der Waals surface area contributed by atoms with Crippen molar-refractivity contribution < 1.29 is 19.4 Å². The molecule has 7 nitrogen and oxygen atoms in total. The fourth-order valence-corrected chi connectivity index (χ4v) is 4.36. The van der Waals surface area contributed by atoms with Gasteiger partial charge in [0.1, 0.15) is 11.8 Å². The summed E-state index contributed by atoms with van der Waals surface area (Å²) in [5.41, 5.74) is 3.41. The largest absolute Gasteiger partial charge is 0.494 e. The van der Waals surface area contributed by atoms with Gasteiger partial charge >= 0.3 is 0 Å². The summed E-state index contributed by atoms with van der Waals surface area (Å²) in [6.45, 7) is 7.43. The fourth-order valence-electron chi connectivity index (χ4n) is 4.36. The lowest BCUT2D eigenvalue weighted by Gasteiger charge is -2.29. The molecule has 196 valence electrons. The number of benzene rings is 2. The van der Waals surface area contributed by atoms with Crippen molar-refractivity contribution in [3.63, 3.8) is 0 Å². The van der Waals surface area contributed by atoms with Gasteiger partial charge in [-0.3, -0.25) is 9.59 Å². The number of amides is 2. The van der Waals surface area contributed by atoms with Crippen LogP contribution in [0.4, 0.5) is 0 Å². The van der Waals surface area contributed by atoms with Crippen LogP contribution >= 0.6 is 0 Å². The molecule has 0 saturated carbocycles. The number of rotatable bonds is 7. The number of aliphatic hydroxyl groups excluding tert-OH is 1. The zero-order valence-corrected chi connectivity index (χ0v) is 21.8. The Labute approximate surface area is 215 Å². The molecule has 2 amide bonds. The van der Waals surface area contributed by atoms with Crippen molar-refractivity contribution in [1.82, 2.24) is 16.0 Å². The van der Waals surface area contributed by atoms with Gasteiger partial charge in [-0.1, -0.05) is 57.2 Å².